The molecule has 0 aromatic heterocycles. The Balaban J connectivity index is 2.61. The van der Waals surface area contributed by atoms with E-state index in [1.54, 1.807) is 6.07 Å². The molecule has 0 spiro atoms. The standard InChI is InChI=1S/C16H15FO/c1-3-12-5-4-6-13(9-12)16-10-14(17)7-8-15(16)11(2)18/h4-10H,3H2,1-2H3. The molecule has 0 saturated heterocycles. The molecular formula is C16H15FO. The molecule has 0 atom stereocenters. The first-order valence-electron chi connectivity index (χ1n) is 6.01. The molecule has 0 heterocycles. The molecular weight excluding hydrogens is 227 g/mol. The van der Waals surface area contributed by atoms with Gasteiger partial charge in [0.05, 0.1) is 0 Å². The summed E-state index contributed by atoms with van der Waals surface area (Å²) >= 11 is 0. The molecule has 0 aliphatic heterocycles. The highest BCUT2D eigenvalue weighted by molar-refractivity contribution is 6.00. The molecule has 0 radical (unpaired) electrons. The molecule has 1 nitrogen and oxygen atoms in total. The average Bonchev–Trinajstić information content (AvgIpc) is 2.38. The van der Waals surface area contributed by atoms with Crippen LogP contribution in [0.1, 0.15) is 29.8 Å². The summed E-state index contributed by atoms with van der Waals surface area (Å²) < 4.78 is 13.4. The summed E-state index contributed by atoms with van der Waals surface area (Å²) in [6.07, 6.45) is 0.915. The lowest BCUT2D eigenvalue weighted by Crippen LogP contribution is -1.97. The van der Waals surface area contributed by atoms with Crippen molar-refractivity contribution in [2.45, 2.75) is 20.3 Å². The summed E-state index contributed by atoms with van der Waals surface area (Å²) in [5, 5.41) is 0. The molecule has 0 N–H and O–H groups in total. The highest BCUT2D eigenvalue weighted by atomic mass is 19.1. The molecule has 0 saturated carbocycles. The molecule has 2 aromatic carbocycles. The van der Waals surface area contributed by atoms with Crippen molar-refractivity contribution in [1.82, 2.24) is 0 Å². The summed E-state index contributed by atoms with van der Waals surface area (Å²) in [6, 6.07) is 12.2. The first-order valence-corrected chi connectivity index (χ1v) is 6.01. The lowest BCUT2D eigenvalue weighted by Gasteiger charge is -2.09. The van der Waals surface area contributed by atoms with E-state index in [2.05, 4.69) is 6.92 Å². The summed E-state index contributed by atoms with van der Waals surface area (Å²) in [4.78, 5) is 11.6. The first kappa shape index (κ1) is 12.5. The second-order valence-corrected chi connectivity index (χ2v) is 4.30. The van der Waals surface area contributed by atoms with Crippen LogP contribution >= 0.6 is 0 Å². The van der Waals surface area contributed by atoms with Crippen LogP contribution in [-0.2, 0) is 6.42 Å². The van der Waals surface area contributed by atoms with Crippen LogP contribution in [0.2, 0.25) is 0 Å². The number of hydrogen-bond donors (Lipinski definition) is 0. The third kappa shape index (κ3) is 2.48. The fraction of sp³-hybridized carbons (Fsp3) is 0.188. The normalized spacial score (nSPS) is 10.4. The Labute approximate surface area is 106 Å². The topological polar surface area (TPSA) is 17.1 Å². The Kier molecular flexibility index (Phi) is 3.56. The number of Topliss-reactive ketones (excluding diaryl/α,β-unsaturated/α-hetero) is 1. The van der Waals surface area contributed by atoms with Crippen molar-refractivity contribution in [3.63, 3.8) is 0 Å². The van der Waals surface area contributed by atoms with E-state index in [4.69, 9.17) is 0 Å². The quantitative estimate of drug-likeness (QED) is 0.735. The molecule has 2 aromatic rings. The van der Waals surface area contributed by atoms with Gasteiger partial charge in [-0.2, -0.15) is 0 Å². The van der Waals surface area contributed by atoms with Gasteiger partial charge in [0.2, 0.25) is 0 Å². The molecule has 0 amide bonds. The Bertz CT molecular complexity index is 587. The van der Waals surface area contributed by atoms with E-state index in [1.165, 1.54) is 24.6 Å². The molecule has 0 bridgehead atoms. The Morgan fingerprint density at radius 1 is 1.17 bits per heavy atom. The van der Waals surface area contributed by atoms with E-state index in [0.29, 0.717) is 11.1 Å². The third-order valence-electron chi connectivity index (χ3n) is 3.01. The highest BCUT2D eigenvalue weighted by Gasteiger charge is 2.10. The molecule has 18 heavy (non-hydrogen) atoms. The van der Waals surface area contributed by atoms with E-state index in [9.17, 15) is 9.18 Å². The van der Waals surface area contributed by atoms with Crippen LogP contribution in [0.5, 0.6) is 0 Å². The summed E-state index contributed by atoms with van der Waals surface area (Å²) in [5.41, 5.74) is 3.28. The van der Waals surface area contributed by atoms with Gasteiger partial charge in [-0.15, -0.1) is 0 Å². The highest BCUT2D eigenvalue weighted by Crippen LogP contribution is 2.26. The molecule has 0 aliphatic carbocycles. The zero-order chi connectivity index (χ0) is 13.1. The van der Waals surface area contributed by atoms with Crippen molar-refractivity contribution >= 4 is 5.78 Å². The Morgan fingerprint density at radius 2 is 1.94 bits per heavy atom. The van der Waals surface area contributed by atoms with Gasteiger partial charge >= 0.3 is 0 Å². The maximum atomic E-state index is 13.4. The molecule has 0 unspecified atom stereocenters. The van der Waals surface area contributed by atoms with E-state index < -0.39 is 0 Å². The monoisotopic (exact) mass is 242 g/mol. The van der Waals surface area contributed by atoms with Gasteiger partial charge in [-0.1, -0.05) is 31.2 Å². The van der Waals surface area contributed by atoms with Gasteiger partial charge in [-0.3, -0.25) is 4.79 Å². The van der Waals surface area contributed by atoms with Gasteiger partial charge < -0.3 is 0 Å². The predicted octanol–water partition coefficient (Wildman–Crippen LogP) is 4.26. The van der Waals surface area contributed by atoms with Gasteiger partial charge in [-0.25, -0.2) is 4.39 Å². The van der Waals surface area contributed by atoms with Gasteiger partial charge in [0.25, 0.3) is 0 Å². The number of carbonyl (C=O) groups is 1. The van der Waals surface area contributed by atoms with Crippen LogP contribution in [0.4, 0.5) is 4.39 Å². The van der Waals surface area contributed by atoms with Crippen LogP contribution in [0.25, 0.3) is 11.1 Å². The number of benzene rings is 2. The van der Waals surface area contributed by atoms with Gasteiger partial charge in [0, 0.05) is 5.56 Å². The molecule has 2 rings (SSSR count). The van der Waals surface area contributed by atoms with E-state index in [1.807, 2.05) is 24.3 Å². The average molecular weight is 242 g/mol. The van der Waals surface area contributed by atoms with E-state index in [-0.39, 0.29) is 11.6 Å². The number of hydrogen-bond acceptors (Lipinski definition) is 1. The minimum atomic E-state index is -0.322. The zero-order valence-electron chi connectivity index (χ0n) is 10.5. The smallest absolute Gasteiger partial charge is 0.160 e. The lowest BCUT2D eigenvalue weighted by atomic mass is 9.95. The minimum absolute atomic E-state index is 0.0492. The fourth-order valence-electron chi connectivity index (χ4n) is 2.02. The van der Waals surface area contributed by atoms with Gasteiger partial charge in [0.1, 0.15) is 5.82 Å². The molecule has 92 valence electrons. The number of halogens is 1. The van der Waals surface area contributed by atoms with Gasteiger partial charge in [-0.05, 0) is 48.2 Å². The Hall–Kier alpha value is -1.96. The molecule has 0 aliphatic rings. The minimum Gasteiger partial charge on any atom is -0.294 e. The second-order valence-electron chi connectivity index (χ2n) is 4.30. The predicted molar refractivity (Wildman–Crippen MR) is 71.2 cm³/mol. The molecule has 0 fully saturated rings. The Morgan fingerprint density at radius 3 is 2.61 bits per heavy atom. The number of rotatable bonds is 3. The van der Waals surface area contributed by atoms with Crippen LogP contribution in [-0.4, -0.2) is 5.78 Å². The van der Waals surface area contributed by atoms with E-state index in [0.717, 1.165) is 12.0 Å². The first-order chi connectivity index (χ1) is 8.61. The van der Waals surface area contributed by atoms with Crippen LogP contribution < -0.4 is 0 Å². The largest absolute Gasteiger partial charge is 0.294 e. The maximum absolute atomic E-state index is 13.4. The second kappa shape index (κ2) is 5.13. The van der Waals surface area contributed by atoms with Crippen molar-refractivity contribution < 1.29 is 9.18 Å². The fourth-order valence-corrected chi connectivity index (χ4v) is 2.02. The number of carbonyl (C=O) groups excluding carboxylic acids is 1. The lowest BCUT2D eigenvalue weighted by molar-refractivity contribution is 0.101. The number of ketones is 1. The third-order valence-corrected chi connectivity index (χ3v) is 3.01. The van der Waals surface area contributed by atoms with Crippen molar-refractivity contribution in [3.05, 3.63) is 59.4 Å². The van der Waals surface area contributed by atoms with Crippen LogP contribution in [0.15, 0.2) is 42.5 Å². The number of aryl methyl sites for hydroxylation is 1. The molecule has 2 heteroatoms. The maximum Gasteiger partial charge on any atom is 0.160 e. The summed E-state index contributed by atoms with van der Waals surface area (Å²) in [7, 11) is 0. The summed E-state index contributed by atoms with van der Waals surface area (Å²) in [5.74, 6) is -0.371. The SMILES string of the molecule is CCc1cccc(-c2cc(F)ccc2C(C)=O)c1. The van der Waals surface area contributed by atoms with Crippen molar-refractivity contribution in [3.8, 4) is 11.1 Å². The van der Waals surface area contributed by atoms with Crippen molar-refractivity contribution in [2.24, 2.45) is 0 Å². The van der Waals surface area contributed by atoms with Crippen LogP contribution in [0.3, 0.4) is 0 Å². The van der Waals surface area contributed by atoms with Crippen LogP contribution in [0, 0.1) is 5.82 Å². The van der Waals surface area contributed by atoms with E-state index >= 15 is 0 Å². The summed E-state index contributed by atoms with van der Waals surface area (Å²) in [6.45, 7) is 3.57. The zero-order valence-corrected chi connectivity index (χ0v) is 10.5. The van der Waals surface area contributed by atoms with Crippen molar-refractivity contribution in [2.75, 3.05) is 0 Å². The van der Waals surface area contributed by atoms with Crippen molar-refractivity contribution in [1.29, 1.82) is 0 Å². The van der Waals surface area contributed by atoms with Gasteiger partial charge in [0.15, 0.2) is 5.78 Å².